The molecule has 2 heteroatoms. The Hall–Kier alpha value is -4.04. The Bertz CT molecular complexity index is 1360. The molecular weight excluding hydrogens is 400 g/mol. The van der Waals surface area contributed by atoms with Gasteiger partial charge in [0.15, 0.2) is 0 Å². The fourth-order valence-corrected chi connectivity index (χ4v) is 4.37. The summed E-state index contributed by atoms with van der Waals surface area (Å²) in [6, 6.07) is 38.2. The molecule has 2 aromatic heterocycles. The number of aromatic nitrogens is 2. The summed E-state index contributed by atoms with van der Waals surface area (Å²) in [5, 5.41) is 0. The molecule has 3 aromatic carbocycles. The van der Waals surface area contributed by atoms with Crippen molar-refractivity contribution in [3.8, 4) is 33.6 Å². The second-order valence-electron chi connectivity index (χ2n) is 8.28. The quantitative estimate of drug-likeness (QED) is 0.280. The van der Waals surface area contributed by atoms with Crippen LogP contribution in [0.5, 0.6) is 0 Å². The molecule has 2 nitrogen and oxygen atoms in total. The first-order valence-corrected chi connectivity index (χ1v) is 11.4. The number of aryl methyl sites for hydroxylation is 3. The lowest BCUT2D eigenvalue weighted by Gasteiger charge is -2.13. The predicted molar refractivity (Wildman–Crippen MR) is 137 cm³/mol. The summed E-state index contributed by atoms with van der Waals surface area (Å²) in [6.07, 6.45) is 3.74. The van der Waals surface area contributed by atoms with Gasteiger partial charge in [0, 0.05) is 23.0 Å². The first-order valence-electron chi connectivity index (χ1n) is 11.4. The van der Waals surface area contributed by atoms with Crippen molar-refractivity contribution < 1.29 is 0 Å². The molecule has 0 aliphatic carbocycles. The van der Waals surface area contributed by atoms with Gasteiger partial charge in [-0.2, -0.15) is 0 Å². The molecule has 0 aliphatic rings. The number of nitrogens with zero attached hydrogens (tertiary/aromatic N) is 2. The molecule has 0 N–H and O–H groups in total. The van der Waals surface area contributed by atoms with Gasteiger partial charge in [-0.15, -0.1) is 0 Å². The molecule has 5 aromatic rings. The van der Waals surface area contributed by atoms with Crippen molar-refractivity contribution in [3.63, 3.8) is 0 Å². The van der Waals surface area contributed by atoms with Crippen molar-refractivity contribution in [1.82, 2.24) is 9.97 Å². The van der Waals surface area contributed by atoms with E-state index in [0.717, 1.165) is 29.9 Å². The van der Waals surface area contributed by atoms with Gasteiger partial charge in [0.2, 0.25) is 0 Å². The van der Waals surface area contributed by atoms with Gasteiger partial charge in [-0.3, -0.25) is 9.97 Å². The van der Waals surface area contributed by atoms with Gasteiger partial charge in [0.25, 0.3) is 0 Å². The lowest BCUT2D eigenvalue weighted by atomic mass is 9.93. The minimum absolute atomic E-state index is 0.941. The van der Waals surface area contributed by atoms with Crippen LogP contribution in [0, 0.1) is 6.92 Å². The fraction of sp³-hybridized carbons (Fsp3) is 0.0968. The number of hydrogen-bond acceptors (Lipinski definition) is 2. The van der Waals surface area contributed by atoms with Crippen molar-refractivity contribution in [2.45, 2.75) is 19.8 Å². The Kier molecular flexibility index (Phi) is 6.08. The average Bonchev–Trinajstić information content (AvgIpc) is 2.88. The number of hydrogen-bond donors (Lipinski definition) is 0. The predicted octanol–water partition coefficient (Wildman–Crippen LogP) is 7.57. The molecule has 160 valence electrons. The molecule has 0 bridgehead atoms. The highest BCUT2D eigenvalue weighted by Gasteiger charge is 2.11. The molecule has 0 saturated carbocycles. The van der Waals surface area contributed by atoms with Crippen LogP contribution in [0.1, 0.15) is 16.8 Å². The van der Waals surface area contributed by atoms with E-state index < -0.39 is 0 Å². The SMILES string of the molecule is Cc1cc(-c2ccccc2)cc(-c2ccccc2CCc2ccccc2-c2ccccn2)n1. The van der Waals surface area contributed by atoms with E-state index in [-0.39, 0.29) is 0 Å². The molecule has 0 saturated heterocycles. The highest BCUT2D eigenvalue weighted by Crippen LogP contribution is 2.30. The lowest BCUT2D eigenvalue weighted by Crippen LogP contribution is -1.98. The molecule has 0 spiro atoms. The Balaban J connectivity index is 1.47. The van der Waals surface area contributed by atoms with E-state index in [1.807, 2.05) is 18.3 Å². The molecule has 0 amide bonds. The zero-order valence-electron chi connectivity index (χ0n) is 18.8. The summed E-state index contributed by atoms with van der Waals surface area (Å²) in [5.74, 6) is 0. The maximum absolute atomic E-state index is 4.90. The largest absolute Gasteiger partial charge is 0.256 e. The van der Waals surface area contributed by atoms with Crippen LogP contribution < -0.4 is 0 Å². The Morgan fingerprint density at radius 2 is 1.15 bits per heavy atom. The van der Waals surface area contributed by atoms with E-state index >= 15 is 0 Å². The second kappa shape index (κ2) is 9.62. The van der Waals surface area contributed by atoms with Crippen LogP contribution in [0.2, 0.25) is 0 Å². The molecule has 0 radical (unpaired) electrons. The van der Waals surface area contributed by atoms with Crippen molar-refractivity contribution in [2.24, 2.45) is 0 Å². The molecular formula is C31H26N2. The van der Waals surface area contributed by atoms with Crippen LogP contribution in [0.4, 0.5) is 0 Å². The first-order chi connectivity index (χ1) is 16.3. The van der Waals surface area contributed by atoms with Crippen LogP contribution in [0.15, 0.2) is 115 Å². The van der Waals surface area contributed by atoms with Gasteiger partial charge < -0.3 is 0 Å². The molecule has 33 heavy (non-hydrogen) atoms. The van der Waals surface area contributed by atoms with E-state index in [0.29, 0.717) is 0 Å². The highest BCUT2D eigenvalue weighted by molar-refractivity contribution is 5.73. The summed E-state index contributed by atoms with van der Waals surface area (Å²) in [6.45, 7) is 2.07. The van der Waals surface area contributed by atoms with Crippen molar-refractivity contribution >= 4 is 0 Å². The third-order valence-corrected chi connectivity index (χ3v) is 5.98. The average molecular weight is 427 g/mol. The molecule has 0 aliphatic heterocycles. The third-order valence-electron chi connectivity index (χ3n) is 5.98. The number of benzene rings is 3. The topological polar surface area (TPSA) is 25.8 Å². The van der Waals surface area contributed by atoms with Gasteiger partial charge >= 0.3 is 0 Å². The normalized spacial score (nSPS) is 10.8. The number of pyridine rings is 2. The van der Waals surface area contributed by atoms with Gasteiger partial charge in [-0.05, 0) is 66.3 Å². The van der Waals surface area contributed by atoms with Crippen LogP contribution in [0.3, 0.4) is 0 Å². The fourth-order valence-electron chi connectivity index (χ4n) is 4.37. The highest BCUT2D eigenvalue weighted by atomic mass is 14.7. The van der Waals surface area contributed by atoms with Gasteiger partial charge in [0.05, 0.1) is 11.4 Å². The van der Waals surface area contributed by atoms with E-state index in [9.17, 15) is 0 Å². The molecule has 0 fully saturated rings. The van der Waals surface area contributed by atoms with Crippen LogP contribution in [-0.2, 0) is 12.8 Å². The molecule has 5 rings (SSSR count). The van der Waals surface area contributed by atoms with Gasteiger partial charge in [0.1, 0.15) is 0 Å². The molecule has 2 heterocycles. The van der Waals surface area contributed by atoms with Crippen molar-refractivity contribution in [3.05, 3.63) is 132 Å². The zero-order valence-corrected chi connectivity index (χ0v) is 18.8. The summed E-state index contributed by atoms with van der Waals surface area (Å²) >= 11 is 0. The summed E-state index contributed by atoms with van der Waals surface area (Å²) in [7, 11) is 0. The summed E-state index contributed by atoms with van der Waals surface area (Å²) < 4.78 is 0. The van der Waals surface area contributed by atoms with Crippen LogP contribution in [0.25, 0.3) is 33.6 Å². The number of rotatable bonds is 6. The van der Waals surface area contributed by atoms with E-state index in [1.54, 1.807) is 0 Å². The van der Waals surface area contributed by atoms with E-state index in [2.05, 4.69) is 109 Å². The Labute approximate surface area is 195 Å². The first kappa shape index (κ1) is 20.8. The Morgan fingerprint density at radius 1 is 0.545 bits per heavy atom. The van der Waals surface area contributed by atoms with E-state index in [1.165, 1.54) is 33.4 Å². The molecule has 0 atom stereocenters. The van der Waals surface area contributed by atoms with Crippen molar-refractivity contribution in [2.75, 3.05) is 0 Å². The van der Waals surface area contributed by atoms with E-state index in [4.69, 9.17) is 4.98 Å². The van der Waals surface area contributed by atoms with Gasteiger partial charge in [-0.25, -0.2) is 0 Å². The maximum Gasteiger partial charge on any atom is 0.0714 e. The standard InChI is InChI=1S/C31H26N2/c1-23-21-27(24-11-3-2-4-12-24)22-31(33-23)29-16-8-6-14-26(29)19-18-25-13-5-7-15-28(25)30-17-9-10-20-32-30/h2-17,20-22H,18-19H2,1H3. The Morgan fingerprint density at radius 3 is 1.82 bits per heavy atom. The maximum atomic E-state index is 4.90. The minimum atomic E-state index is 0.941. The minimum Gasteiger partial charge on any atom is -0.256 e. The zero-order chi connectivity index (χ0) is 22.5. The molecule has 0 unspecified atom stereocenters. The lowest BCUT2D eigenvalue weighted by molar-refractivity contribution is 0.960. The van der Waals surface area contributed by atoms with Crippen molar-refractivity contribution in [1.29, 1.82) is 0 Å². The summed E-state index contributed by atoms with van der Waals surface area (Å²) in [4.78, 5) is 9.47. The summed E-state index contributed by atoms with van der Waals surface area (Å²) in [5.41, 5.74) is 10.5. The second-order valence-corrected chi connectivity index (χ2v) is 8.28. The third kappa shape index (κ3) is 4.75. The van der Waals surface area contributed by atoms with Gasteiger partial charge in [-0.1, -0.05) is 84.9 Å². The smallest absolute Gasteiger partial charge is 0.0714 e. The monoisotopic (exact) mass is 426 g/mol. The van der Waals surface area contributed by atoms with Crippen LogP contribution in [-0.4, -0.2) is 9.97 Å². The van der Waals surface area contributed by atoms with Crippen LogP contribution >= 0.6 is 0 Å².